The highest BCUT2D eigenvalue weighted by Gasteiger charge is 2.16. The topological polar surface area (TPSA) is 23.8 Å². The molecule has 0 aliphatic carbocycles. The van der Waals surface area contributed by atoms with E-state index in [0.29, 0.717) is 5.56 Å². The van der Waals surface area contributed by atoms with Crippen LogP contribution < -0.4 is 0 Å². The summed E-state index contributed by atoms with van der Waals surface area (Å²) in [5.74, 6) is 0. The normalized spacial score (nSPS) is 11.3. The minimum absolute atomic E-state index is 0.674. The first-order valence-corrected chi connectivity index (χ1v) is 12.2. The number of benzene rings is 7. The predicted octanol–water partition coefficient (Wildman–Crippen LogP) is 9.51. The molecule has 0 heterocycles. The number of fused-ring (bicyclic) bond motifs is 5. The number of hydrogen-bond donors (Lipinski definition) is 0. The quantitative estimate of drug-likeness (QED) is 0.188. The Kier molecular flexibility index (Phi) is 4.59. The molecule has 0 aromatic heterocycles. The van der Waals surface area contributed by atoms with E-state index in [2.05, 4.69) is 121 Å². The van der Waals surface area contributed by atoms with E-state index >= 15 is 0 Å². The molecule has 7 rings (SSSR count). The van der Waals surface area contributed by atoms with Gasteiger partial charge >= 0.3 is 0 Å². The van der Waals surface area contributed by atoms with Crippen LogP contribution in [0.4, 0.5) is 0 Å². The predicted molar refractivity (Wildman–Crippen MR) is 152 cm³/mol. The first-order valence-electron chi connectivity index (χ1n) is 12.2. The van der Waals surface area contributed by atoms with Gasteiger partial charge in [-0.3, -0.25) is 0 Å². The highest BCUT2D eigenvalue weighted by atomic mass is 14.2. The van der Waals surface area contributed by atoms with Gasteiger partial charge in [0.15, 0.2) is 0 Å². The SMILES string of the molecule is N#Cc1ccc(-c2c3ccccc3c(-c3ccc4c(ccc5ccccc54)c3)c3ccccc23)cc1. The molecule has 166 valence electrons. The molecular weight excluding hydrogens is 434 g/mol. The minimum atomic E-state index is 0.674. The second kappa shape index (κ2) is 8.08. The van der Waals surface area contributed by atoms with E-state index < -0.39 is 0 Å². The van der Waals surface area contributed by atoms with Crippen molar-refractivity contribution in [3.05, 3.63) is 133 Å². The second-order valence-corrected chi connectivity index (χ2v) is 9.25. The number of nitriles is 1. The Balaban J connectivity index is 1.56. The Labute approximate surface area is 209 Å². The Morgan fingerprint density at radius 1 is 0.389 bits per heavy atom. The van der Waals surface area contributed by atoms with Gasteiger partial charge < -0.3 is 0 Å². The maximum atomic E-state index is 9.29. The van der Waals surface area contributed by atoms with Gasteiger partial charge in [-0.1, -0.05) is 109 Å². The van der Waals surface area contributed by atoms with E-state index in [4.69, 9.17) is 0 Å². The summed E-state index contributed by atoms with van der Waals surface area (Å²) in [5, 5.41) is 19.3. The lowest BCUT2D eigenvalue weighted by molar-refractivity contribution is 1.49. The molecule has 1 nitrogen and oxygen atoms in total. The van der Waals surface area contributed by atoms with Crippen LogP contribution in [-0.2, 0) is 0 Å². The lowest BCUT2D eigenvalue weighted by atomic mass is 9.85. The highest BCUT2D eigenvalue weighted by molar-refractivity contribution is 6.22. The van der Waals surface area contributed by atoms with Crippen LogP contribution in [0.25, 0.3) is 65.3 Å². The van der Waals surface area contributed by atoms with E-state index in [9.17, 15) is 5.26 Å². The molecular formula is C35H21N. The van der Waals surface area contributed by atoms with Gasteiger partial charge in [-0.25, -0.2) is 0 Å². The van der Waals surface area contributed by atoms with E-state index in [1.54, 1.807) is 0 Å². The lowest BCUT2D eigenvalue weighted by Crippen LogP contribution is -1.91. The smallest absolute Gasteiger partial charge is 0.0991 e. The van der Waals surface area contributed by atoms with Crippen LogP contribution in [0.15, 0.2) is 127 Å². The zero-order valence-corrected chi connectivity index (χ0v) is 19.6. The summed E-state index contributed by atoms with van der Waals surface area (Å²) in [5.41, 5.74) is 5.48. The fraction of sp³-hybridized carbons (Fsp3) is 0. The standard InChI is InChI=1S/C35H21N/c36-22-23-13-15-25(16-14-23)34-30-9-3-5-11-32(30)35(33-12-6-4-10-31(33)34)27-19-20-29-26(21-27)18-17-24-7-1-2-8-28(24)29/h1-21H. The van der Waals surface area contributed by atoms with Gasteiger partial charge in [-0.2, -0.15) is 5.26 Å². The van der Waals surface area contributed by atoms with Gasteiger partial charge in [0.1, 0.15) is 0 Å². The fourth-order valence-corrected chi connectivity index (χ4v) is 5.63. The van der Waals surface area contributed by atoms with Crippen molar-refractivity contribution in [3.63, 3.8) is 0 Å². The average molecular weight is 456 g/mol. The molecule has 7 aromatic carbocycles. The molecule has 7 aromatic rings. The lowest BCUT2D eigenvalue weighted by Gasteiger charge is -2.18. The largest absolute Gasteiger partial charge is 0.192 e. The molecule has 0 spiro atoms. The number of rotatable bonds is 2. The fourth-order valence-electron chi connectivity index (χ4n) is 5.63. The first-order chi connectivity index (χ1) is 17.8. The first kappa shape index (κ1) is 20.4. The van der Waals surface area contributed by atoms with Gasteiger partial charge in [-0.05, 0) is 83.5 Å². The molecule has 0 unspecified atom stereocenters. The summed E-state index contributed by atoms with van der Waals surface area (Å²) in [4.78, 5) is 0. The molecule has 0 amide bonds. The number of nitrogens with zero attached hydrogens (tertiary/aromatic N) is 1. The molecule has 0 aliphatic heterocycles. The van der Waals surface area contributed by atoms with Gasteiger partial charge in [0.05, 0.1) is 11.6 Å². The third-order valence-electron chi connectivity index (χ3n) is 7.27. The van der Waals surface area contributed by atoms with Crippen molar-refractivity contribution in [2.24, 2.45) is 0 Å². The molecule has 0 radical (unpaired) electrons. The molecule has 0 N–H and O–H groups in total. The van der Waals surface area contributed by atoms with Crippen LogP contribution in [0.1, 0.15) is 5.56 Å². The van der Waals surface area contributed by atoms with Crippen molar-refractivity contribution in [1.82, 2.24) is 0 Å². The van der Waals surface area contributed by atoms with Crippen molar-refractivity contribution in [3.8, 4) is 28.3 Å². The summed E-state index contributed by atoms with van der Waals surface area (Å²) >= 11 is 0. The van der Waals surface area contributed by atoms with Crippen molar-refractivity contribution in [2.45, 2.75) is 0 Å². The van der Waals surface area contributed by atoms with Crippen LogP contribution in [0.3, 0.4) is 0 Å². The van der Waals surface area contributed by atoms with Crippen molar-refractivity contribution < 1.29 is 0 Å². The molecule has 36 heavy (non-hydrogen) atoms. The molecule has 0 saturated carbocycles. The van der Waals surface area contributed by atoms with Crippen LogP contribution in [0.5, 0.6) is 0 Å². The van der Waals surface area contributed by atoms with Gasteiger partial charge in [-0.15, -0.1) is 0 Å². The van der Waals surface area contributed by atoms with Crippen LogP contribution in [-0.4, -0.2) is 0 Å². The summed E-state index contributed by atoms with van der Waals surface area (Å²) in [7, 11) is 0. The highest BCUT2D eigenvalue weighted by Crippen LogP contribution is 2.44. The van der Waals surface area contributed by atoms with Gasteiger partial charge in [0.2, 0.25) is 0 Å². The molecule has 0 fully saturated rings. The maximum absolute atomic E-state index is 9.29. The summed E-state index contributed by atoms with van der Waals surface area (Å²) < 4.78 is 0. The third-order valence-corrected chi connectivity index (χ3v) is 7.27. The summed E-state index contributed by atoms with van der Waals surface area (Å²) in [6.45, 7) is 0. The molecule has 0 saturated heterocycles. The average Bonchev–Trinajstić information content (AvgIpc) is 2.95. The van der Waals surface area contributed by atoms with E-state index in [1.807, 2.05) is 12.1 Å². The van der Waals surface area contributed by atoms with Crippen LogP contribution in [0.2, 0.25) is 0 Å². The molecule has 1 heteroatoms. The van der Waals surface area contributed by atoms with E-state index in [1.165, 1.54) is 59.8 Å². The monoisotopic (exact) mass is 455 g/mol. The van der Waals surface area contributed by atoms with Crippen molar-refractivity contribution in [2.75, 3.05) is 0 Å². The van der Waals surface area contributed by atoms with Gasteiger partial charge in [0.25, 0.3) is 0 Å². The second-order valence-electron chi connectivity index (χ2n) is 9.25. The number of hydrogen-bond acceptors (Lipinski definition) is 1. The molecule has 0 atom stereocenters. The van der Waals surface area contributed by atoms with E-state index in [-0.39, 0.29) is 0 Å². The molecule has 0 aliphatic rings. The summed E-state index contributed by atoms with van der Waals surface area (Å²) in [6, 6.07) is 47.4. The van der Waals surface area contributed by atoms with E-state index in [0.717, 1.165) is 5.56 Å². The Morgan fingerprint density at radius 3 is 1.47 bits per heavy atom. The van der Waals surface area contributed by atoms with Crippen molar-refractivity contribution >= 4 is 43.1 Å². The Bertz CT molecular complexity index is 1930. The maximum Gasteiger partial charge on any atom is 0.0991 e. The Hall–Kier alpha value is -4.93. The third kappa shape index (κ3) is 3.09. The van der Waals surface area contributed by atoms with Crippen LogP contribution >= 0.6 is 0 Å². The molecule has 0 bridgehead atoms. The van der Waals surface area contributed by atoms with Gasteiger partial charge in [0, 0.05) is 0 Å². The minimum Gasteiger partial charge on any atom is -0.192 e. The summed E-state index contributed by atoms with van der Waals surface area (Å²) in [6.07, 6.45) is 0. The zero-order valence-electron chi connectivity index (χ0n) is 19.6. The Morgan fingerprint density at radius 2 is 0.861 bits per heavy atom. The zero-order chi connectivity index (χ0) is 24.1. The van der Waals surface area contributed by atoms with Crippen LogP contribution in [0, 0.1) is 11.3 Å². The van der Waals surface area contributed by atoms with Crippen molar-refractivity contribution in [1.29, 1.82) is 5.26 Å².